The van der Waals surface area contributed by atoms with E-state index >= 15 is 0 Å². The SMILES string of the molecule is c1ccc2c(-c3n[nH]c4c3CN(Cc3nccs3)CC4)cccc2c1. The van der Waals surface area contributed by atoms with Crippen LogP contribution in [0.3, 0.4) is 0 Å². The molecule has 0 atom stereocenters. The van der Waals surface area contributed by atoms with Crippen LogP contribution in [0.4, 0.5) is 0 Å². The zero-order chi connectivity index (χ0) is 16.6. The Hall–Kier alpha value is -2.50. The summed E-state index contributed by atoms with van der Waals surface area (Å²) in [6, 6.07) is 15.0. The molecule has 0 spiro atoms. The highest BCUT2D eigenvalue weighted by atomic mass is 32.1. The second-order valence-electron chi connectivity index (χ2n) is 6.44. The monoisotopic (exact) mass is 346 g/mol. The minimum atomic E-state index is 0.914. The van der Waals surface area contributed by atoms with E-state index in [0.29, 0.717) is 0 Å². The molecule has 0 unspecified atom stereocenters. The summed E-state index contributed by atoms with van der Waals surface area (Å²) in [6.07, 6.45) is 2.90. The number of aromatic nitrogens is 3. The maximum Gasteiger partial charge on any atom is 0.107 e. The number of hydrogen-bond donors (Lipinski definition) is 1. The van der Waals surface area contributed by atoms with Crippen LogP contribution in [0.2, 0.25) is 0 Å². The van der Waals surface area contributed by atoms with E-state index in [0.717, 1.165) is 31.7 Å². The van der Waals surface area contributed by atoms with Crippen molar-refractivity contribution in [2.45, 2.75) is 19.5 Å². The largest absolute Gasteiger partial charge is 0.292 e. The Balaban J connectivity index is 1.53. The van der Waals surface area contributed by atoms with Gasteiger partial charge in [0, 0.05) is 47.9 Å². The van der Waals surface area contributed by atoms with Gasteiger partial charge >= 0.3 is 0 Å². The molecule has 0 bridgehead atoms. The highest BCUT2D eigenvalue weighted by Gasteiger charge is 2.23. The van der Waals surface area contributed by atoms with Crippen molar-refractivity contribution < 1.29 is 0 Å². The summed E-state index contributed by atoms with van der Waals surface area (Å²) in [4.78, 5) is 6.89. The number of benzene rings is 2. The molecule has 0 radical (unpaired) electrons. The van der Waals surface area contributed by atoms with Crippen LogP contribution in [0, 0.1) is 0 Å². The molecule has 0 amide bonds. The van der Waals surface area contributed by atoms with E-state index in [1.807, 2.05) is 11.6 Å². The summed E-state index contributed by atoms with van der Waals surface area (Å²) >= 11 is 1.73. The molecule has 0 aliphatic carbocycles. The predicted molar refractivity (Wildman–Crippen MR) is 101 cm³/mol. The van der Waals surface area contributed by atoms with Crippen molar-refractivity contribution >= 4 is 22.1 Å². The minimum Gasteiger partial charge on any atom is -0.292 e. The average Bonchev–Trinajstić information content (AvgIpc) is 3.31. The maximum atomic E-state index is 4.68. The summed E-state index contributed by atoms with van der Waals surface area (Å²) in [5.41, 5.74) is 4.92. The third kappa shape index (κ3) is 2.65. The molecule has 124 valence electrons. The number of H-pyrrole nitrogens is 1. The second kappa shape index (κ2) is 6.10. The molecule has 4 aromatic rings. The smallest absolute Gasteiger partial charge is 0.107 e. The standard InChI is InChI=1S/C20H18N4S/c1-2-6-15-14(4-1)5-3-7-16(15)20-17-12-24(10-8-18(17)22-23-20)13-19-21-9-11-25-19/h1-7,9,11H,8,10,12-13H2,(H,22,23). The molecule has 3 heterocycles. The fourth-order valence-corrected chi connectivity index (χ4v) is 4.32. The lowest BCUT2D eigenvalue weighted by molar-refractivity contribution is 0.245. The van der Waals surface area contributed by atoms with E-state index in [-0.39, 0.29) is 0 Å². The molecular formula is C20H18N4S. The second-order valence-corrected chi connectivity index (χ2v) is 7.42. The Kier molecular flexibility index (Phi) is 3.61. The summed E-state index contributed by atoms with van der Waals surface area (Å²) in [6.45, 7) is 2.88. The van der Waals surface area contributed by atoms with Crippen molar-refractivity contribution in [3.8, 4) is 11.3 Å². The van der Waals surface area contributed by atoms with Gasteiger partial charge in [-0.1, -0.05) is 42.5 Å². The maximum absolute atomic E-state index is 4.68. The van der Waals surface area contributed by atoms with E-state index in [4.69, 9.17) is 0 Å². The molecular weight excluding hydrogens is 328 g/mol. The Labute approximate surface area is 150 Å². The number of aromatic amines is 1. The van der Waals surface area contributed by atoms with Crippen LogP contribution in [0.1, 0.15) is 16.3 Å². The van der Waals surface area contributed by atoms with E-state index in [1.165, 1.54) is 32.6 Å². The summed E-state index contributed by atoms with van der Waals surface area (Å²) in [7, 11) is 0. The van der Waals surface area contributed by atoms with E-state index in [9.17, 15) is 0 Å². The summed E-state index contributed by atoms with van der Waals surface area (Å²) in [5.74, 6) is 0. The van der Waals surface area contributed by atoms with Gasteiger partial charge in [0.15, 0.2) is 0 Å². The van der Waals surface area contributed by atoms with Gasteiger partial charge in [-0.2, -0.15) is 5.10 Å². The Morgan fingerprint density at radius 1 is 1.12 bits per heavy atom. The molecule has 2 aromatic carbocycles. The first-order chi connectivity index (χ1) is 12.4. The van der Waals surface area contributed by atoms with Crippen molar-refractivity contribution in [2.75, 3.05) is 6.54 Å². The van der Waals surface area contributed by atoms with Crippen LogP contribution in [-0.2, 0) is 19.5 Å². The highest BCUT2D eigenvalue weighted by Crippen LogP contribution is 2.33. The molecule has 1 aliphatic heterocycles. The van der Waals surface area contributed by atoms with Crippen molar-refractivity contribution in [2.24, 2.45) is 0 Å². The van der Waals surface area contributed by atoms with E-state index in [1.54, 1.807) is 11.3 Å². The first-order valence-corrected chi connectivity index (χ1v) is 9.41. The van der Waals surface area contributed by atoms with Gasteiger partial charge in [0.1, 0.15) is 5.01 Å². The van der Waals surface area contributed by atoms with Crippen molar-refractivity contribution in [3.63, 3.8) is 0 Å². The van der Waals surface area contributed by atoms with Crippen molar-refractivity contribution in [3.05, 3.63) is 70.3 Å². The molecule has 0 saturated carbocycles. The zero-order valence-electron chi connectivity index (χ0n) is 13.8. The first-order valence-electron chi connectivity index (χ1n) is 8.53. The van der Waals surface area contributed by atoms with Crippen LogP contribution in [-0.4, -0.2) is 26.6 Å². The quantitative estimate of drug-likeness (QED) is 0.603. The van der Waals surface area contributed by atoms with Crippen LogP contribution in [0.25, 0.3) is 22.0 Å². The first kappa shape index (κ1) is 14.8. The minimum absolute atomic E-state index is 0.914. The Bertz CT molecular complexity index is 1010. The Morgan fingerprint density at radius 3 is 2.96 bits per heavy atom. The molecule has 1 aliphatic rings. The van der Waals surface area contributed by atoms with Crippen molar-refractivity contribution in [1.82, 2.24) is 20.1 Å². The van der Waals surface area contributed by atoms with Gasteiger partial charge in [0.05, 0.1) is 12.2 Å². The normalized spacial score (nSPS) is 14.7. The Morgan fingerprint density at radius 2 is 2.04 bits per heavy atom. The average molecular weight is 346 g/mol. The van der Waals surface area contributed by atoms with Crippen LogP contribution < -0.4 is 0 Å². The number of rotatable bonds is 3. The molecule has 4 nitrogen and oxygen atoms in total. The summed E-state index contributed by atoms with van der Waals surface area (Å²) < 4.78 is 0. The van der Waals surface area contributed by atoms with Crippen LogP contribution >= 0.6 is 11.3 Å². The van der Waals surface area contributed by atoms with Gasteiger partial charge in [-0.15, -0.1) is 11.3 Å². The molecule has 2 aromatic heterocycles. The molecule has 1 N–H and O–H groups in total. The predicted octanol–water partition coefficient (Wildman–Crippen LogP) is 4.24. The number of fused-ring (bicyclic) bond motifs is 2. The lowest BCUT2D eigenvalue weighted by atomic mass is 9.97. The molecule has 5 rings (SSSR count). The van der Waals surface area contributed by atoms with Gasteiger partial charge in [0.25, 0.3) is 0 Å². The van der Waals surface area contributed by atoms with Crippen LogP contribution in [0.5, 0.6) is 0 Å². The van der Waals surface area contributed by atoms with Gasteiger partial charge in [-0.3, -0.25) is 10.00 Å². The fourth-order valence-electron chi connectivity index (χ4n) is 3.66. The van der Waals surface area contributed by atoms with Gasteiger partial charge < -0.3 is 0 Å². The van der Waals surface area contributed by atoms with Gasteiger partial charge in [-0.25, -0.2) is 4.98 Å². The molecule has 0 saturated heterocycles. The third-order valence-corrected chi connectivity index (χ3v) is 5.66. The fraction of sp³-hybridized carbons (Fsp3) is 0.200. The zero-order valence-corrected chi connectivity index (χ0v) is 14.6. The highest BCUT2D eigenvalue weighted by molar-refractivity contribution is 7.09. The number of nitrogens with one attached hydrogen (secondary N) is 1. The van der Waals surface area contributed by atoms with E-state index in [2.05, 4.69) is 62.5 Å². The molecule has 0 fully saturated rings. The number of thiazole rings is 1. The van der Waals surface area contributed by atoms with Crippen molar-refractivity contribution in [1.29, 1.82) is 0 Å². The van der Waals surface area contributed by atoms with E-state index < -0.39 is 0 Å². The van der Waals surface area contributed by atoms with Gasteiger partial charge in [-0.05, 0) is 10.8 Å². The topological polar surface area (TPSA) is 44.8 Å². The molecule has 25 heavy (non-hydrogen) atoms. The number of hydrogen-bond acceptors (Lipinski definition) is 4. The number of nitrogens with zero attached hydrogens (tertiary/aromatic N) is 3. The summed E-state index contributed by atoms with van der Waals surface area (Å²) in [5, 5.41) is 13.7. The van der Waals surface area contributed by atoms with Crippen LogP contribution in [0.15, 0.2) is 54.0 Å². The molecule has 5 heteroatoms. The lowest BCUT2D eigenvalue weighted by Crippen LogP contribution is -2.29. The lowest BCUT2D eigenvalue weighted by Gasteiger charge is -2.26. The third-order valence-electron chi connectivity index (χ3n) is 4.90. The van der Waals surface area contributed by atoms with Gasteiger partial charge in [0.2, 0.25) is 0 Å².